The number of hydrogen-bond donors (Lipinski definition) is 1. The largest absolute Gasteiger partial charge is 0.335 e. The summed E-state index contributed by atoms with van der Waals surface area (Å²) in [7, 11) is 0. The number of likely N-dealkylation sites (tertiary alicyclic amines) is 1. The van der Waals surface area contributed by atoms with Crippen LogP contribution in [0, 0.1) is 0 Å². The monoisotopic (exact) mass is 160 g/mol. The highest BCUT2D eigenvalue weighted by Gasteiger charge is 2.41. The fraction of sp³-hybridized carbons (Fsp3) is 0.857. The quantitative estimate of drug-likeness (QED) is 0.582. The zero-order valence-electron chi connectivity index (χ0n) is 6.80. The number of nitrogens with zero attached hydrogens (tertiary/aromatic N) is 1. The van der Waals surface area contributed by atoms with Gasteiger partial charge in [0.15, 0.2) is 0 Å². The summed E-state index contributed by atoms with van der Waals surface area (Å²) in [6.07, 6.45) is 0. The van der Waals surface area contributed by atoms with Gasteiger partial charge in [-0.1, -0.05) is 0 Å². The molecule has 1 amide bonds. The number of rotatable bonds is 1. The summed E-state index contributed by atoms with van der Waals surface area (Å²) in [4.78, 5) is 12.5. The topological polar surface area (TPSA) is 46.3 Å². The van der Waals surface area contributed by atoms with E-state index in [9.17, 15) is 9.18 Å². The lowest BCUT2D eigenvalue weighted by Crippen LogP contribution is -2.61. The van der Waals surface area contributed by atoms with Gasteiger partial charge in [0, 0.05) is 0 Å². The Kier molecular flexibility index (Phi) is 1.88. The van der Waals surface area contributed by atoms with Crippen LogP contribution in [0.2, 0.25) is 0 Å². The normalized spacial score (nSPS) is 24.2. The number of halogens is 1. The van der Waals surface area contributed by atoms with E-state index >= 15 is 0 Å². The van der Waals surface area contributed by atoms with Crippen molar-refractivity contribution in [1.82, 2.24) is 4.90 Å². The van der Waals surface area contributed by atoms with Gasteiger partial charge in [0.2, 0.25) is 5.91 Å². The molecule has 1 aliphatic rings. The van der Waals surface area contributed by atoms with Crippen molar-refractivity contribution in [2.75, 3.05) is 13.1 Å². The van der Waals surface area contributed by atoms with E-state index in [2.05, 4.69) is 0 Å². The minimum absolute atomic E-state index is 0.167. The van der Waals surface area contributed by atoms with E-state index in [4.69, 9.17) is 5.73 Å². The van der Waals surface area contributed by atoms with Gasteiger partial charge in [0.1, 0.15) is 5.67 Å². The first-order valence-corrected chi connectivity index (χ1v) is 3.66. The van der Waals surface area contributed by atoms with Gasteiger partial charge in [-0.25, -0.2) is 4.39 Å². The predicted molar refractivity (Wildman–Crippen MR) is 39.7 cm³/mol. The maximum atomic E-state index is 12.8. The molecule has 1 fully saturated rings. The van der Waals surface area contributed by atoms with Gasteiger partial charge < -0.3 is 10.6 Å². The first kappa shape index (κ1) is 8.46. The number of hydrogen-bond acceptors (Lipinski definition) is 2. The van der Waals surface area contributed by atoms with Crippen LogP contribution in [0.4, 0.5) is 4.39 Å². The molecule has 64 valence electrons. The fourth-order valence-corrected chi connectivity index (χ4v) is 1.19. The van der Waals surface area contributed by atoms with Crippen molar-refractivity contribution in [2.45, 2.75) is 25.6 Å². The molecule has 3 nitrogen and oxygen atoms in total. The van der Waals surface area contributed by atoms with Crippen LogP contribution in [0.15, 0.2) is 0 Å². The van der Waals surface area contributed by atoms with Gasteiger partial charge >= 0.3 is 0 Å². The molecule has 0 aromatic heterocycles. The van der Waals surface area contributed by atoms with Crippen molar-refractivity contribution < 1.29 is 9.18 Å². The molecule has 0 bridgehead atoms. The van der Waals surface area contributed by atoms with Crippen molar-refractivity contribution in [2.24, 2.45) is 5.73 Å². The standard InChI is InChI=1S/C7H13FN2O/c1-5(9)6(11)10-3-7(2,8)4-10/h5H,3-4,9H2,1-2H3. The Morgan fingerprint density at radius 1 is 1.73 bits per heavy atom. The third-order valence-corrected chi connectivity index (χ3v) is 1.74. The molecule has 1 atom stereocenters. The maximum Gasteiger partial charge on any atom is 0.239 e. The van der Waals surface area contributed by atoms with Crippen LogP contribution in [-0.2, 0) is 4.79 Å². The van der Waals surface area contributed by atoms with E-state index in [-0.39, 0.29) is 19.0 Å². The molecular weight excluding hydrogens is 147 g/mol. The van der Waals surface area contributed by atoms with E-state index in [0.29, 0.717) is 0 Å². The Balaban J connectivity index is 2.38. The van der Waals surface area contributed by atoms with E-state index in [1.165, 1.54) is 11.8 Å². The second-order valence-corrected chi connectivity index (χ2v) is 3.40. The number of nitrogens with two attached hydrogens (primary N) is 1. The average Bonchev–Trinajstić information content (AvgIpc) is 1.80. The first-order chi connectivity index (χ1) is 4.92. The van der Waals surface area contributed by atoms with Crippen LogP contribution in [0.3, 0.4) is 0 Å². The average molecular weight is 160 g/mol. The molecular formula is C7H13FN2O. The molecule has 0 aromatic carbocycles. The lowest BCUT2D eigenvalue weighted by atomic mass is 9.98. The smallest absolute Gasteiger partial charge is 0.239 e. The third kappa shape index (κ3) is 1.68. The Hall–Kier alpha value is -0.640. The van der Waals surface area contributed by atoms with Gasteiger partial charge in [-0.15, -0.1) is 0 Å². The molecule has 0 aliphatic carbocycles. The number of carbonyl (C=O) groups excluding carboxylic acids is 1. The Labute approximate surface area is 65.3 Å². The van der Waals surface area contributed by atoms with Crippen LogP contribution in [0.1, 0.15) is 13.8 Å². The molecule has 1 rings (SSSR count). The minimum atomic E-state index is -1.19. The zero-order chi connectivity index (χ0) is 8.65. The number of amides is 1. The molecule has 11 heavy (non-hydrogen) atoms. The summed E-state index contributed by atoms with van der Waals surface area (Å²) in [5.41, 5.74) is 4.13. The summed E-state index contributed by atoms with van der Waals surface area (Å²) in [5, 5.41) is 0. The predicted octanol–water partition coefficient (Wildman–Crippen LogP) is -0.0960. The molecule has 0 saturated carbocycles. The number of alkyl halides is 1. The van der Waals surface area contributed by atoms with E-state index in [1.807, 2.05) is 0 Å². The van der Waals surface area contributed by atoms with Crippen LogP contribution in [-0.4, -0.2) is 35.6 Å². The zero-order valence-corrected chi connectivity index (χ0v) is 6.80. The summed E-state index contributed by atoms with van der Waals surface area (Å²) < 4.78 is 12.8. The fourth-order valence-electron chi connectivity index (χ4n) is 1.19. The summed E-state index contributed by atoms with van der Waals surface area (Å²) in [6, 6.07) is -0.508. The van der Waals surface area contributed by atoms with Crippen molar-refractivity contribution in [3.8, 4) is 0 Å². The van der Waals surface area contributed by atoms with Crippen molar-refractivity contribution in [3.05, 3.63) is 0 Å². The van der Waals surface area contributed by atoms with E-state index in [1.54, 1.807) is 6.92 Å². The molecule has 1 saturated heterocycles. The van der Waals surface area contributed by atoms with E-state index < -0.39 is 11.7 Å². The molecule has 1 unspecified atom stereocenters. The molecule has 1 aliphatic heterocycles. The maximum absolute atomic E-state index is 12.8. The molecule has 0 aromatic rings. The van der Waals surface area contributed by atoms with Crippen molar-refractivity contribution in [1.29, 1.82) is 0 Å². The van der Waals surface area contributed by atoms with Gasteiger partial charge in [-0.05, 0) is 13.8 Å². The number of carbonyl (C=O) groups is 1. The third-order valence-electron chi connectivity index (χ3n) is 1.74. The lowest BCUT2D eigenvalue weighted by Gasteiger charge is -2.42. The van der Waals surface area contributed by atoms with Gasteiger partial charge in [-0.2, -0.15) is 0 Å². The van der Waals surface area contributed by atoms with Gasteiger partial charge in [0.25, 0.3) is 0 Å². The summed E-state index contributed by atoms with van der Waals surface area (Å²) in [6.45, 7) is 3.47. The molecule has 1 heterocycles. The van der Waals surface area contributed by atoms with Gasteiger partial charge in [0.05, 0.1) is 19.1 Å². The van der Waals surface area contributed by atoms with E-state index in [0.717, 1.165) is 0 Å². The second-order valence-electron chi connectivity index (χ2n) is 3.40. The highest BCUT2D eigenvalue weighted by Crippen LogP contribution is 2.24. The lowest BCUT2D eigenvalue weighted by molar-refractivity contribution is -0.145. The summed E-state index contributed by atoms with van der Waals surface area (Å²) >= 11 is 0. The van der Waals surface area contributed by atoms with Crippen molar-refractivity contribution in [3.63, 3.8) is 0 Å². The molecule has 4 heteroatoms. The Morgan fingerprint density at radius 3 is 2.45 bits per heavy atom. The van der Waals surface area contributed by atoms with Crippen molar-refractivity contribution >= 4 is 5.91 Å². The Bertz CT molecular complexity index is 171. The second kappa shape index (κ2) is 2.44. The van der Waals surface area contributed by atoms with Crippen LogP contribution in [0.25, 0.3) is 0 Å². The molecule has 0 radical (unpaired) electrons. The van der Waals surface area contributed by atoms with Crippen LogP contribution >= 0.6 is 0 Å². The first-order valence-electron chi connectivity index (χ1n) is 3.66. The highest BCUT2D eigenvalue weighted by atomic mass is 19.1. The summed E-state index contributed by atoms with van der Waals surface area (Å²) in [5.74, 6) is -0.167. The minimum Gasteiger partial charge on any atom is -0.335 e. The molecule has 0 spiro atoms. The SMILES string of the molecule is CC(N)C(=O)N1CC(C)(F)C1. The van der Waals surface area contributed by atoms with Crippen LogP contribution < -0.4 is 5.73 Å². The van der Waals surface area contributed by atoms with Crippen LogP contribution in [0.5, 0.6) is 0 Å². The highest BCUT2D eigenvalue weighted by molar-refractivity contribution is 5.82. The molecule has 2 N–H and O–H groups in total. The van der Waals surface area contributed by atoms with Gasteiger partial charge in [-0.3, -0.25) is 4.79 Å². The Morgan fingerprint density at radius 2 is 2.18 bits per heavy atom.